The molecule has 0 atom stereocenters. The van der Waals surface area contributed by atoms with Crippen molar-refractivity contribution in [3.63, 3.8) is 0 Å². The Balaban J connectivity index is 4.50. The molecule has 0 N–H and O–H groups in total. The van der Waals surface area contributed by atoms with Crippen molar-refractivity contribution < 1.29 is 33.0 Å². The van der Waals surface area contributed by atoms with Crippen LogP contribution >= 0.6 is 0 Å². The third-order valence-electron chi connectivity index (χ3n) is 2.28. The molecule has 0 aliphatic heterocycles. The lowest BCUT2D eigenvalue weighted by atomic mass is 10.3. The van der Waals surface area contributed by atoms with Crippen LogP contribution in [0.25, 0.3) is 0 Å². The molecule has 0 aliphatic rings. The molecule has 0 bridgehead atoms. The molecule has 0 aliphatic carbocycles. The van der Waals surface area contributed by atoms with Crippen molar-refractivity contribution >= 4 is 17.3 Å². The molecule has 0 aromatic carbocycles. The first kappa shape index (κ1) is 20.0. The SMILES string of the molecule is C=CC(=O)COCC(F)(COCC(=O)C=C)OCC(=O)C=C. The summed E-state index contributed by atoms with van der Waals surface area (Å²) in [6.07, 6.45) is 3.03. The Kier molecular flexibility index (Phi) is 9.77. The molecule has 0 amide bonds. The third kappa shape index (κ3) is 9.06. The predicted molar refractivity (Wildman–Crippen MR) is 77.0 cm³/mol. The molecule has 6 nitrogen and oxygen atoms in total. The van der Waals surface area contributed by atoms with Crippen molar-refractivity contribution in [3.05, 3.63) is 38.0 Å². The third-order valence-corrected chi connectivity index (χ3v) is 2.28. The van der Waals surface area contributed by atoms with Gasteiger partial charge in [-0.3, -0.25) is 14.4 Å². The molecule has 0 aromatic rings. The summed E-state index contributed by atoms with van der Waals surface area (Å²) >= 11 is 0. The lowest BCUT2D eigenvalue weighted by Gasteiger charge is -2.24. The largest absolute Gasteiger partial charge is 0.367 e. The molecule has 122 valence electrons. The summed E-state index contributed by atoms with van der Waals surface area (Å²) in [6, 6.07) is 0. The number of hydrogen-bond acceptors (Lipinski definition) is 6. The highest BCUT2D eigenvalue weighted by molar-refractivity contribution is 5.90. The average Bonchev–Trinajstić information content (AvgIpc) is 2.52. The molecule has 0 saturated carbocycles. The van der Waals surface area contributed by atoms with Crippen molar-refractivity contribution in [2.45, 2.75) is 5.85 Å². The lowest BCUT2D eigenvalue weighted by Crippen LogP contribution is -2.40. The molecular weight excluding hydrogens is 295 g/mol. The van der Waals surface area contributed by atoms with Crippen molar-refractivity contribution in [1.82, 2.24) is 0 Å². The Bertz CT molecular complexity index is 417. The van der Waals surface area contributed by atoms with Crippen molar-refractivity contribution in [1.29, 1.82) is 0 Å². The number of ketones is 3. The van der Waals surface area contributed by atoms with Gasteiger partial charge >= 0.3 is 0 Å². The van der Waals surface area contributed by atoms with Gasteiger partial charge in [0.1, 0.15) is 33.0 Å². The Labute approximate surface area is 128 Å². The van der Waals surface area contributed by atoms with Gasteiger partial charge in [-0.05, 0) is 18.2 Å². The van der Waals surface area contributed by atoms with Crippen molar-refractivity contribution in [3.8, 4) is 0 Å². The van der Waals surface area contributed by atoms with Crippen LogP contribution in [-0.2, 0) is 28.6 Å². The minimum absolute atomic E-state index is 0.389. The monoisotopic (exact) mass is 314 g/mol. The Morgan fingerprint density at radius 1 is 0.818 bits per heavy atom. The van der Waals surface area contributed by atoms with Crippen molar-refractivity contribution in [2.75, 3.05) is 33.0 Å². The minimum Gasteiger partial charge on any atom is -0.367 e. The van der Waals surface area contributed by atoms with E-state index in [0.717, 1.165) is 18.2 Å². The summed E-state index contributed by atoms with van der Waals surface area (Å²) in [4.78, 5) is 33.1. The van der Waals surface area contributed by atoms with Gasteiger partial charge in [-0.25, -0.2) is 4.39 Å². The van der Waals surface area contributed by atoms with E-state index in [-0.39, 0.29) is 13.2 Å². The van der Waals surface area contributed by atoms with E-state index in [1.807, 2.05) is 0 Å². The molecule has 0 rings (SSSR count). The fourth-order valence-electron chi connectivity index (χ4n) is 1.11. The standard InChI is InChI=1S/C15H19FO6/c1-4-12(17)7-20-10-15(16,22-9-14(19)6-3)11-21-8-13(18)5-2/h4-6H,1-3,7-11H2. The second-order valence-electron chi connectivity index (χ2n) is 4.17. The zero-order valence-corrected chi connectivity index (χ0v) is 12.2. The summed E-state index contributed by atoms with van der Waals surface area (Å²) in [5, 5.41) is 0. The second-order valence-corrected chi connectivity index (χ2v) is 4.17. The van der Waals surface area contributed by atoms with E-state index in [9.17, 15) is 18.8 Å². The molecule has 0 heterocycles. The van der Waals surface area contributed by atoms with Crippen LogP contribution in [0.3, 0.4) is 0 Å². The van der Waals surface area contributed by atoms with E-state index >= 15 is 0 Å². The number of rotatable bonds is 14. The predicted octanol–water partition coefficient (Wildman–Crippen LogP) is 0.967. The summed E-state index contributed by atoms with van der Waals surface area (Å²) < 4.78 is 29.0. The number of ether oxygens (including phenoxy) is 3. The van der Waals surface area contributed by atoms with Crippen LogP contribution in [-0.4, -0.2) is 56.2 Å². The highest BCUT2D eigenvalue weighted by Gasteiger charge is 2.33. The van der Waals surface area contributed by atoms with E-state index in [0.29, 0.717) is 0 Å². The van der Waals surface area contributed by atoms with Gasteiger partial charge in [0.05, 0.1) is 0 Å². The average molecular weight is 314 g/mol. The molecule has 0 fully saturated rings. The van der Waals surface area contributed by atoms with Crippen LogP contribution in [0.5, 0.6) is 0 Å². The van der Waals surface area contributed by atoms with Crippen LogP contribution in [0.1, 0.15) is 0 Å². The second kappa shape index (κ2) is 10.7. The summed E-state index contributed by atoms with van der Waals surface area (Å²) in [5.41, 5.74) is 0. The Hall–Kier alpha value is -1.96. The van der Waals surface area contributed by atoms with E-state index in [1.54, 1.807) is 0 Å². The first-order valence-corrected chi connectivity index (χ1v) is 6.31. The summed E-state index contributed by atoms with van der Waals surface area (Å²) in [5.74, 6) is -3.90. The highest BCUT2D eigenvalue weighted by Crippen LogP contribution is 2.15. The maximum absolute atomic E-state index is 14.5. The number of carbonyl (C=O) groups is 3. The summed E-state index contributed by atoms with van der Waals surface area (Å²) in [7, 11) is 0. The fraction of sp³-hybridized carbons (Fsp3) is 0.400. The van der Waals surface area contributed by atoms with Gasteiger partial charge in [-0.2, -0.15) is 0 Å². The number of alkyl halides is 1. The van der Waals surface area contributed by atoms with Crippen molar-refractivity contribution in [2.24, 2.45) is 0 Å². The van der Waals surface area contributed by atoms with E-state index < -0.39 is 43.0 Å². The highest BCUT2D eigenvalue weighted by atomic mass is 19.2. The smallest absolute Gasteiger partial charge is 0.256 e. The van der Waals surface area contributed by atoms with Gasteiger partial charge in [0, 0.05) is 0 Å². The van der Waals surface area contributed by atoms with Crippen LogP contribution < -0.4 is 0 Å². The maximum atomic E-state index is 14.5. The van der Waals surface area contributed by atoms with Gasteiger partial charge in [-0.1, -0.05) is 19.7 Å². The molecule has 0 aromatic heterocycles. The Morgan fingerprint density at radius 2 is 1.18 bits per heavy atom. The van der Waals surface area contributed by atoms with Crippen LogP contribution in [0.4, 0.5) is 4.39 Å². The van der Waals surface area contributed by atoms with Gasteiger partial charge in [0.15, 0.2) is 17.3 Å². The summed E-state index contributed by atoms with van der Waals surface area (Å²) in [6.45, 7) is 7.06. The molecule has 7 heteroatoms. The number of hydrogen-bond donors (Lipinski definition) is 0. The van der Waals surface area contributed by atoms with E-state index in [1.165, 1.54) is 0 Å². The maximum Gasteiger partial charge on any atom is 0.256 e. The first-order chi connectivity index (χ1) is 10.4. The molecule has 0 unspecified atom stereocenters. The van der Waals surface area contributed by atoms with Gasteiger partial charge in [0.2, 0.25) is 0 Å². The zero-order chi connectivity index (χ0) is 17.0. The zero-order valence-electron chi connectivity index (χ0n) is 12.2. The van der Waals surface area contributed by atoms with Crippen LogP contribution in [0.15, 0.2) is 38.0 Å². The van der Waals surface area contributed by atoms with Gasteiger partial charge in [0.25, 0.3) is 5.85 Å². The topological polar surface area (TPSA) is 78.9 Å². The van der Waals surface area contributed by atoms with Crippen LogP contribution in [0, 0.1) is 0 Å². The number of carbonyl (C=O) groups excluding carboxylic acids is 3. The minimum atomic E-state index is -2.48. The Morgan fingerprint density at radius 3 is 1.55 bits per heavy atom. The molecular formula is C15H19FO6. The normalized spacial score (nSPS) is 10.8. The lowest BCUT2D eigenvalue weighted by molar-refractivity contribution is -0.208. The molecule has 22 heavy (non-hydrogen) atoms. The number of halogens is 1. The first-order valence-electron chi connectivity index (χ1n) is 6.31. The fourth-order valence-corrected chi connectivity index (χ4v) is 1.11. The molecule has 0 spiro atoms. The van der Waals surface area contributed by atoms with Gasteiger partial charge < -0.3 is 14.2 Å². The van der Waals surface area contributed by atoms with Gasteiger partial charge in [-0.15, -0.1) is 0 Å². The van der Waals surface area contributed by atoms with E-state index in [4.69, 9.17) is 14.2 Å². The molecule has 0 saturated heterocycles. The molecule has 0 radical (unpaired) electrons. The quantitative estimate of drug-likeness (QED) is 0.445. The van der Waals surface area contributed by atoms with E-state index in [2.05, 4.69) is 19.7 Å². The van der Waals surface area contributed by atoms with Crippen LogP contribution in [0.2, 0.25) is 0 Å².